The number of carboxylic acid groups (broad SMARTS) is 1. The van der Waals surface area contributed by atoms with Crippen molar-refractivity contribution in [2.24, 2.45) is 0 Å². The summed E-state index contributed by atoms with van der Waals surface area (Å²) in [5.41, 5.74) is -0.999. The normalized spacial score (nSPS) is 11.7. The lowest BCUT2D eigenvalue weighted by Crippen LogP contribution is -2.43. The molecule has 0 bridgehead atoms. The van der Waals surface area contributed by atoms with Gasteiger partial charge in [-0.3, -0.25) is 14.9 Å². The van der Waals surface area contributed by atoms with Gasteiger partial charge in [-0.15, -0.1) is 0 Å². The molecule has 1 amide bonds. The Morgan fingerprint density at radius 3 is 2.58 bits per heavy atom. The number of nitrogens with one attached hydrogen (secondary N) is 1. The minimum Gasteiger partial charge on any atom is -0.480 e. The van der Waals surface area contributed by atoms with E-state index in [-0.39, 0.29) is 10.6 Å². The highest BCUT2D eigenvalue weighted by atomic mass is 35.5. The van der Waals surface area contributed by atoms with Gasteiger partial charge in [-0.1, -0.05) is 17.7 Å². The van der Waals surface area contributed by atoms with E-state index in [0.29, 0.717) is 0 Å². The summed E-state index contributed by atoms with van der Waals surface area (Å²) in [5.74, 6) is -2.46. The number of aliphatic carboxylic acids is 1. The van der Waals surface area contributed by atoms with Gasteiger partial charge in [-0.25, -0.2) is 4.79 Å². The van der Waals surface area contributed by atoms with Crippen LogP contribution in [0.4, 0.5) is 5.69 Å². The molecular formula is C10H9ClN2O6. The Morgan fingerprint density at radius 2 is 2.11 bits per heavy atom. The molecule has 0 saturated heterocycles. The van der Waals surface area contributed by atoms with E-state index in [9.17, 15) is 19.7 Å². The van der Waals surface area contributed by atoms with Crippen LogP contribution in [0, 0.1) is 10.1 Å². The molecule has 0 aliphatic carbocycles. The lowest BCUT2D eigenvalue weighted by molar-refractivity contribution is -0.385. The molecule has 102 valence electrons. The van der Waals surface area contributed by atoms with Gasteiger partial charge in [-0.05, 0) is 12.1 Å². The SMILES string of the molecule is O=C(N[C@@H](CO)C(=O)O)c1cccc(Cl)c1[N+](=O)[O-]. The number of benzene rings is 1. The molecule has 1 aromatic rings. The first-order chi connectivity index (χ1) is 8.88. The minimum atomic E-state index is -1.55. The van der Waals surface area contributed by atoms with Crippen molar-refractivity contribution in [3.63, 3.8) is 0 Å². The fraction of sp³-hybridized carbons (Fsp3) is 0.200. The number of nitrogens with zero attached hydrogens (tertiary/aromatic N) is 1. The Balaban J connectivity index is 3.10. The van der Waals surface area contributed by atoms with Crippen molar-refractivity contribution in [2.45, 2.75) is 6.04 Å². The van der Waals surface area contributed by atoms with Crippen molar-refractivity contribution in [3.8, 4) is 0 Å². The van der Waals surface area contributed by atoms with Gasteiger partial charge >= 0.3 is 11.7 Å². The third-order valence-electron chi connectivity index (χ3n) is 2.20. The van der Waals surface area contributed by atoms with Gasteiger partial charge in [0.05, 0.1) is 11.5 Å². The second-order valence-corrected chi connectivity index (χ2v) is 3.85. The molecule has 0 radical (unpaired) electrons. The smallest absolute Gasteiger partial charge is 0.328 e. The van der Waals surface area contributed by atoms with E-state index < -0.39 is 35.1 Å². The second kappa shape index (κ2) is 6.12. The molecule has 0 unspecified atom stereocenters. The molecule has 0 aliphatic rings. The summed E-state index contributed by atoms with van der Waals surface area (Å²) in [5, 5.41) is 30.0. The summed E-state index contributed by atoms with van der Waals surface area (Å²) in [6, 6.07) is 2.14. The number of para-hydroxylation sites is 1. The Hall–Kier alpha value is -2.19. The second-order valence-electron chi connectivity index (χ2n) is 3.44. The number of rotatable bonds is 5. The molecule has 9 heteroatoms. The lowest BCUT2D eigenvalue weighted by Gasteiger charge is -2.11. The summed E-state index contributed by atoms with van der Waals surface area (Å²) in [7, 11) is 0. The molecule has 8 nitrogen and oxygen atoms in total. The topological polar surface area (TPSA) is 130 Å². The number of amides is 1. The lowest BCUT2D eigenvalue weighted by atomic mass is 10.1. The molecule has 3 N–H and O–H groups in total. The number of nitro benzene ring substituents is 1. The number of carbonyl (C=O) groups excluding carboxylic acids is 1. The number of hydrogen-bond donors (Lipinski definition) is 3. The van der Waals surface area contributed by atoms with Crippen LogP contribution in [-0.2, 0) is 4.79 Å². The van der Waals surface area contributed by atoms with Crippen molar-refractivity contribution in [2.75, 3.05) is 6.61 Å². The first-order valence-corrected chi connectivity index (χ1v) is 5.33. The Kier molecular flexibility index (Phi) is 4.79. The predicted molar refractivity (Wildman–Crippen MR) is 64.1 cm³/mol. The summed E-state index contributed by atoms with van der Waals surface area (Å²) >= 11 is 5.61. The van der Waals surface area contributed by atoms with Crippen molar-refractivity contribution in [3.05, 3.63) is 38.9 Å². The highest BCUT2D eigenvalue weighted by Crippen LogP contribution is 2.28. The quantitative estimate of drug-likeness (QED) is 0.532. The van der Waals surface area contributed by atoms with E-state index in [4.69, 9.17) is 21.8 Å². The number of carbonyl (C=O) groups is 2. The molecule has 19 heavy (non-hydrogen) atoms. The van der Waals surface area contributed by atoms with Crippen molar-refractivity contribution < 1.29 is 24.7 Å². The average Bonchev–Trinajstić information content (AvgIpc) is 2.34. The molecular weight excluding hydrogens is 280 g/mol. The standard InChI is InChI=1S/C10H9ClN2O6/c11-6-3-1-2-5(8(6)13(18)19)9(15)12-7(4-14)10(16)17/h1-3,7,14H,4H2,(H,12,15)(H,16,17)/t7-/m0/s1. The zero-order valence-electron chi connectivity index (χ0n) is 9.37. The average molecular weight is 289 g/mol. The van der Waals surface area contributed by atoms with Crippen LogP contribution in [0.2, 0.25) is 5.02 Å². The summed E-state index contributed by atoms with van der Waals surface area (Å²) in [6.45, 7) is -0.838. The van der Waals surface area contributed by atoms with Crippen LogP contribution >= 0.6 is 11.6 Å². The summed E-state index contributed by atoms with van der Waals surface area (Å²) in [6.07, 6.45) is 0. The number of carboxylic acids is 1. The molecule has 0 aromatic heterocycles. The Morgan fingerprint density at radius 1 is 1.47 bits per heavy atom. The fourth-order valence-electron chi connectivity index (χ4n) is 1.31. The first-order valence-electron chi connectivity index (χ1n) is 4.96. The zero-order valence-corrected chi connectivity index (χ0v) is 10.1. The third kappa shape index (κ3) is 3.39. The largest absolute Gasteiger partial charge is 0.480 e. The van der Waals surface area contributed by atoms with E-state index in [2.05, 4.69) is 0 Å². The maximum absolute atomic E-state index is 11.7. The molecule has 1 rings (SSSR count). The highest BCUT2D eigenvalue weighted by Gasteiger charge is 2.26. The van der Waals surface area contributed by atoms with Crippen molar-refractivity contribution >= 4 is 29.2 Å². The van der Waals surface area contributed by atoms with Gasteiger partial charge in [0.1, 0.15) is 10.6 Å². The van der Waals surface area contributed by atoms with Gasteiger partial charge in [0.25, 0.3) is 5.91 Å². The number of halogens is 1. The summed E-state index contributed by atoms with van der Waals surface area (Å²) < 4.78 is 0. The zero-order chi connectivity index (χ0) is 14.6. The Labute approximate surface area is 111 Å². The predicted octanol–water partition coefficient (Wildman–Crippen LogP) is 0.423. The summed E-state index contributed by atoms with van der Waals surface area (Å²) in [4.78, 5) is 32.4. The van der Waals surface area contributed by atoms with E-state index in [1.165, 1.54) is 12.1 Å². The molecule has 1 aromatic carbocycles. The fourth-order valence-corrected chi connectivity index (χ4v) is 1.55. The highest BCUT2D eigenvalue weighted by molar-refractivity contribution is 6.33. The van der Waals surface area contributed by atoms with E-state index in [0.717, 1.165) is 6.07 Å². The van der Waals surface area contributed by atoms with Crippen molar-refractivity contribution in [1.82, 2.24) is 5.32 Å². The van der Waals surface area contributed by atoms with E-state index in [1.54, 1.807) is 0 Å². The van der Waals surface area contributed by atoms with Crippen LogP contribution in [0.25, 0.3) is 0 Å². The molecule has 0 saturated carbocycles. The van der Waals surface area contributed by atoms with E-state index in [1.807, 2.05) is 5.32 Å². The van der Waals surface area contributed by atoms with Crippen LogP contribution in [0.15, 0.2) is 18.2 Å². The van der Waals surface area contributed by atoms with Crippen LogP contribution in [0.5, 0.6) is 0 Å². The molecule has 0 spiro atoms. The number of aliphatic hydroxyl groups excluding tert-OH is 1. The van der Waals surface area contributed by atoms with Gasteiger partial charge < -0.3 is 15.5 Å². The monoisotopic (exact) mass is 288 g/mol. The maximum atomic E-state index is 11.7. The van der Waals surface area contributed by atoms with Crippen LogP contribution in [0.1, 0.15) is 10.4 Å². The molecule has 0 aliphatic heterocycles. The van der Waals surface area contributed by atoms with Gasteiger partial charge in [0, 0.05) is 0 Å². The number of aliphatic hydroxyl groups is 1. The molecule has 0 fully saturated rings. The van der Waals surface area contributed by atoms with Gasteiger partial charge in [-0.2, -0.15) is 0 Å². The van der Waals surface area contributed by atoms with E-state index >= 15 is 0 Å². The van der Waals surface area contributed by atoms with Gasteiger partial charge in [0.2, 0.25) is 0 Å². The van der Waals surface area contributed by atoms with Crippen molar-refractivity contribution in [1.29, 1.82) is 0 Å². The van der Waals surface area contributed by atoms with Crippen LogP contribution in [-0.4, -0.2) is 39.7 Å². The van der Waals surface area contributed by atoms with Gasteiger partial charge in [0.15, 0.2) is 6.04 Å². The molecule has 1 atom stereocenters. The number of nitro groups is 1. The third-order valence-corrected chi connectivity index (χ3v) is 2.50. The minimum absolute atomic E-state index is 0.242. The molecule has 0 heterocycles. The van der Waals surface area contributed by atoms with Crippen LogP contribution < -0.4 is 5.32 Å². The Bertz CT molecular complexity index is 533. The maximum Gasteiger partial charge on any atom is 0.328 e. The van der Waals surface area contributed by atoms with Crippen LogP contribution in [0.3, 0.4) is 0 Å². The first kappa shape index (κ1) is 14.9. The number of hydrogen-bond acceptors (Lipinski definition) is 5.